The lowest BCUT2D eigenvalue weighted by Crippen LogP contribution is -2.49. The summed E-state index contributed by atoms with van der Waals surface area (Å²) in [4.78, 5) is 29.4. The molecule has 4 aromatic rings. The number of carbonyl (C=O) groups excluding carboxylic acids is 1. The third-order valence-corrected chi connectivity index (χ3v) is 6.06. The van der Waals surface area contributed by atoms with E-state index in [1.807, 2.05) is 6.07 Å². The number of aromatic amines is 1. The van der Waals surface area contributed by atoms with Gasteiger partial charge in [-0.15, -0.1) is 0 Å². The third kappa shape index (κ3) is 5.57. The van der Waals surface area contributed by atoms with Crippen molar-refractivity contribution in [3.8, 4) is 22.6 Å². The molecule has 0 unspecified atom stereocenters. The number of hydrogen-bond donors (Lipinski definition) is 4. The first-order valence-corrected chi connectivity index (χ1v) is 12.1. The predicted molar refractivity (Wildman–Crippen MR) is 136 cm³/mol. The number of anilines is 1. The number of hydrogen-bond acceptors (Lipinski definition) is 9. The van der Waals surface area contributed by atoms with Crippen molar-refractivity contribution in [3.63, 3.8) is 0 Å². The Morgan fingerprint density at radius 2 is 1.97 bits per heavy atom. The van der Waals surface area contributed by atoms with Crippen LogP contribution in [0.4, 0.5) is 10.3 Å². The van der Waals surface area contributed by atoms with E-state index in [0.717, 1.165) is 5.76 Å². The molecule has 1 aliphatic rings. The summed E-state index contributed by atoms with van der Waals surface area (Å²) >= 11 is 0. The average Bonchev–Trinajstić information content (AvgIpc) is 3.62. The van der Waals surface area contributed by atoms with Crippen molar-refractivity contribution in [1.29, 1.82) is 0 Å². The smallest absolute Gasteiger partial charge is 0.230 e. The number of carbonyl (C=O) groups is 1. The number of halogens is 1. The van der Waals surface area contributed by atoms with Crippen molar-refractivity contribution in [2.75, 3.05) is 31.6 Å². The summed E-state index contributed by atoms with van der Waals surface area (Å²) in [5.74, 6) is 0.981. The summed E-state index contributed by atoms with van der Waals surface area (Å²) in [7, 11) is 0. The number of nitrogens with two attached hydrogens (primary N) is 1. The molecular weight excluding hydrogens is 493 g/mol. The SMILES string of the molecule is CC1(C(=O)NCCN)COC(c2nc(-c3ccc(F)cc3)c(-c3ccnc(NCc4ccco4)n3)[nH]2)OC1. The van der Waals surface area contributed by atoms with Crippen LogP contribution in [0.2, 0.25) is 0 Å². The van der Waals surface area contributed by atoms with Gasteiger partial charge < -0.3 is 35.2 Å². The van der Waals surface area contributed by atoms with Gasteiger partial charge in [-0.05, 0) is 49.4 Å². The molecule has 0 saturated carbocycles. The van der Waals surface area contributed by atoms with Crippen molar-refractivity contribution in [2.24, 2.45) is 11.1 Å². The molecule has 5 N–H and O–H groups in total. The fourth-order valence-corrected chi connectivity index (χ4v) is 3.96. The van der Waals surface area contributed by atoms with Crippen molar-refractivity contribution in [3.05, 3.63) is 72.3 Å². The topological polar surface area (TPSA) is 153 Å². The summed E-state index contributed by atoms with van der Waals surface area (Å²) in [6.07, 6.45) is 2.39. The first-order valence-electron chi connectivity index (χ1n) is 12.1. The lowest BCUT2D eigenvalue weighted by molar-refractivity contribution is -0.231. The Labute approximate surface area is 218 Å². The molecule has 0 bridgehead atoms. The minimum Gasteiger partial charge on any atom is -0.467 e. The number of aromatic nitrogens is 4. The molecular formula is C26H28FN7O4. The lowest BCUT2D eigenvalue weighted by Gasteiger charge is -2.35. The zero-order valence-electron chi connectivity index (χ0n) is 20.7. The number of furan rings is 1. The van der Waals surface area contributed by atoms with Crippen LogP contribution in [-0.2, 0) is 20.8 Å². The maximum absolute atomic E-state index is 13.6. The molecule has 0 radical (unpaired) electrons. The van der Waals surface area contributed by atoms with Crippen LogP contribution in [0.1, 0.15) is 24.8 Å². The Kier molecular flexibility index (Phi) is 7.45. The molecule has 0 atom stereocenters. The number of rotatable bonds is 9. The van der Waals surface area contributed by atoms with E-state index in [4.69, 9.17) is 24.6 Å². The van der Waals surface area contributed by atoms with E-state index in [1.165, 1.54) is 12.1 Å². The quantitative estimate of drug-likeness (QED) is 0.260. The fourth-order valence-electron chi connectivity index (χ4n) is 3.96. The zero-order valence-corrected chi connectivity index (χ0v) is 20.7. The number of benzene rings is 1. The van der Waals surface area contributed by atoms with Gasteiger partial charge in [0.05, 0.1) is 48.5 Å². The second-order valence-electron chi connectivity index (χ2n) is 9.11. The zero-order chi connectivity index (χ0) is 26.5. The predicted octanol–water partition coefficient (Wildman–Crippen LogP) is 3.00. The highest BCUT2D eigenvalue weighted by Crippen LogP contribution is 2.35. The molecule has 1 fully saturated rings. The van der Waals surface area contributed by atoms with Gasteiger partial charge in [-0.3, -0.25) is 4.79 Å². The van der Waals surface area contributed by atoms with E-state index in [9.17, 15) is 9.18 Å². The van der Waals surface area contributed by atoms with Crippen LogP contribution in [0.5, 0.6) is 0 Å². The van der Waals surface area contributed by atoms with Gasteiger partial charge in [0.25, 0.3) is 0 Å². The summed E-state index contributed by atoms with van der Waals surface area (Å²) < 4.78 is 30.8. The van der Waals surface area contributed by atoms with Crippen LogP contribution < -0.4 is 16.4 Å². The van der Waals surface area contributed by atoms with E-state index in [-0.39, 0.29) is 24.9 Å². The standard InChI is InChI=1S/C26H28FN7O4/c1-26(24(35)29-11-9-28)14-37-23(38-15-26)22-33-20(16-4-6-17(27)7-5-16)21(34-22)19-8-10-30-25(32-19)31-13-18-3-2-12-36-18/h2-8,10,12,23H,9,11,13-15,28H2,1H3,(H,29,35)(H,33,34)(H,30,31,32). The molecule has 0 spiro atoms. The van der Waals surface area contributed by atoms with Crippen molar-refractivity contribution in [1.82, 2.24) is 25.3 Å². The average molecular weight is 522 g/mol. The molecule has 38 heavy (non-hydrogen) atoms. The minimum atomic E-state index is -0.859. The summed E-state index contributed by atoms with van der Waals surface area (Å²) in [6.45, 7) is 3.16. The molecule has 1 saturated heterocycles. The van der Waals surface area contributed by atoms with E-state index < -0.39 is 11.7 Å². The van der Waals surface area contributed by atoms with E-state index in [1.54, 1.807) is 43.6 Å². The summed E-state index contributed by atoms with van der Waals surface area (Å²) in [6, 6.07) is 11.4. The Hall–Kier alpha value is -4.13. The van der Waals surface area contributed by atoms with Crippen LogP contribution in [0, 0.1) is 11.2 Å². The highest BCUT2D eigenvalue weighted by atomic mass is 19.1. The maximum Gasteiger partial charge on any atom is 0.230 e. The summed E-state index contributed by atoms with van der Waals surface area (Å²) in [5, 5.41) is 5.91. The first-order chi connectivity index (χ1) is 18.4. The molecule has 1 aliphatic heterocycles. The molecule has 198 valence electrons. The molecule has 5 rings (SSSR count). The van der Waals surface area contributed by atoms with Gasteiger partial charge in [0, 0.05) is 24.8 Å². The van der Waals surface area contributed by atoms with Gasteiger partial charge in [0.2, 0.25) is 18.1 Å². The molecule has 3 aromatic heterocycles. The monoisotopic (exact) mass is 521 g/mol. The van der Waals surface area contributed by atoms with Gasteiger partial charge >= 0.3 is 0 Å². The normalized spacial score (nSPS) is 19.3. The fraction of sp³-hybridized carbons (Fsp3) is 0.308. The van der Waals surface area contributed by atoms with Crippen molar-refractivity contribution < 1.29 is 23.1 Å². The van der Waals surface area contributed by atoms with Crippen molar-refractivity contribution in [2.45, 2.75) is 19.8 Å². The Morgan fingerprint density at radius 3 is 2.68 bits per heavy atom. The Bertz CT molecular complexity index is 1370. The van der Waals surface area contributed by atoms with Gasteiger partial charge in [0.15, 0.2) is 5.82 Å². The van der Waals surface area contributed by atoms with Gasteiger partial charge in [-0.1, -0.05) is 0 Å². The van der Waals surface area contributed by atoms with Crippen molar-refractivity contribution >= 4 is 11.9 Å². The molecule has 11 nitrogen and oxygen atoms in total. The van der Waals surface area contributed by atoms with Crippen LogP contribution in [0.15, 0.2) is 59.3 Å². The van der Waals surface area contributed by atoms with E-state index >= 15 is 0 Å². The third-order valence-electron chi connectivity index (χ3n) is 6.06. The number of nitrogens with zero attached hydrogens (tertiary/aromatic N) is 3. The molecule has 0 aliphatic carbocycles. The number of H-pyrrole nitrogens is 1. The van der Waals surface area contributed by atoms with Crippen LogP contribution in [-0.4, -0.2) is 52.1 Å². The Balaban J connectivity index is 1.41. The van der Waals surface area contributed by atoms with Gasteiger partial charge in [-0.25, -0.2) is 19.3 Å². The number of ether oxygens (including phenoxy) is 2. The number of amides is 1. The molecule has 1 aromatic carbocycles. The Morgan fingerprint density at radius 1 is 1.18 bits per heavy atom. The van der Waals surface area contributed by atoms with Crippen LogP contribution >= 0.6 is 0 Å². The number of nitrogens with one attached hydrogen (secondary N) is 3. The van der Waals surface area contributed by atoms with Crippen LogP contribution in [0.25, 0.3) is 22.6 Å². The second kappa shape index (κ2) is 11.1. The minimum absolute atomic E-state index is 0.129. The van der Waals surface area contributed by atoms with E-state index in [0.29, 0.717) is 54.1 Å². The second-order valence-corrected chi connectivity index (χ2v) is 9.11. The number of imidazole rings is 1. The highest BCUT2D eigenvalue weighted by molar-refractivity contribution is 5.82. The highest BCUT2D eigenvalue weighted by Gasteiger charge is 2.40. The van der Waals surface area contributed by atoms with E-state index in [2.05, 4.69) is 25.6 Å². The molecule has 4 heterocycles. The van der Waals surface area contributed by atoms with Gasteiger partial charge in [0.1, 0.15) is 11.6 Å². The lowest BCUT2D eigenvalue weighted by atomic mass is 9.91. The first kappa shape index (κ1) is 25.5. The van der Waals surface area contributed by atoms with Crippen LogP contribution in [0.3, 0.4) is 0 Å². The molecule has 1 amide bonds. The van der Waals surface area contributed by atoms with Gasteiger partial charge in [-0.2, -0.15) is 0 Å². The molecule has 12 heteroatoms. The largest absolute Gasteiger partial charge is 0.467 e. The maximum atomic E-state index is 13.6. The summed E-state index contributed by atoms with van der Waals surface area (Å²) in [5.41, 5.74) is 6.98.